The van der Waals surface area contributed by atoms with Crippen LogP contribution in [-0.2, 0) is 0 Å². The van der Waals surface area contributed by atoms with Crippen LogP contribution in [0.3, 0.4) is 0 Å². The van der Waals surface area contributed by atoms with Gasteiger partial charge in [-0.3, -0.25) is 0 Å². The molecule has 0 aliphatic rings. The maximum atomic E-state index is 13.3. The predicted octanol–water partition coefficient (Wildman–Crippen LogP) is 3.54. The smallest absolute Gasteiger partial charge is 0.191 e. The van der Waals surface area contributed by atoms with Crippen LogP contribution < -0.4 is 10.2 Å². The third kappa shape index (κ3) is 3.39. The van der Waals surface area contributed by atoms with Gasteiger partial charge in [0.25, 0.3) is 0 Å². The van der Waals surface area contributed by atoms with Crippen LogP contribution in [0.4, 0.5) is 21.7 Å². The Balaban J connectivity index is 2.37. The fourth-order valence-corrected chi connectivity index (χ4v) is 2.14. The molecule has 6 heteroatoms. The average molecular weight is 292 g/mol. The van der Waals surface area contributed by atoms with Crippen molar-refractivity contribution >= 4 is 29.1 Å². The number of halogens is 1. The van der Waals surface area contributed by atoms with Crippen LogP contribution in [0.15, 0.2) is 35.5 Å². The first-order valence-corrected chi connectivity index (χ1v) is 7.52. The molecule has 2 aromatic rings. The maximum Gasteiger partial charge on any atom is 0.191 e. The molecule has 0 bridgehead atoms. The van der Waals surface area contributed by atoms with Gasteiger partial charge in [-0.15, -0.1) is 0 Å². The van der Waals surface area contributed by atoms with Gasteiger partial charge in [0.15, 0.2) is 5.16 Å². The van der Waals surface area contributed by atoms with Crippen LogP contribution in [0.2, 0.25) is 0 Å². The van der Waals surface area contributed by atoms with E-state index in [4.69, 9.17) is 0 Å². The van der Waals surface area contributed by atoms with Crippen molar-refractivity contribution in [1.82, 2.24) is 9.97 Å². The molecule has 106 valence electrons. The summed E-state index contributed by atoms with van der Waals surface area (Å²) in [6.45, 7) is 2.80. The third-order valence-corrected chi connectivity index (χ3v) is 3.32. The van der Waals surface area contributed by atoms with Crippen molar-refractivity contribution in [3.8, 4) is 0 Å². The first-order chi connectivity index (χ1) is 9.63. The quantitative estimate of drug-likeness (QED) is 0.674. The molecular formula is C14H17FN4S. The Morgan fingerprint density at radius 3 is 2.75 bits per heavy atom. The number of thioether (sulfide) groups is 1. The second-order valence-corrected chi connectivity index (χ2v) is 4.94. The van der Waals surface area contributed by atoms with Crippen LogP contribution in [0, 0.1) is 5.82 Å². The van der Waals surface area contributed by atoms with Gasteiger partial charge in [-0.05, 0) is 31.4 Å². The molecular weight excluding hydrogens is 275 g/mol. The number of anilines is 3. The summed E-state index contributed by atoms with van der Waals surface area (Å²) in [5, 5.41) is 3.86. The molecule has 4 nitrogen and oxygen atoms in total. The summed E-state index contributed by atoms with van der Waals surface area (Å²) in [5.41, 5.74) is 0.748. The van der Waals surface area contributed by atoms with E-state index in [9.17, 15) is 4.39 Å². The maximum absolute atomic E-state index is 13.3. The van der Waals surface area contributed by atoms with Crippen molar-refractivity contribution in [2.75, 3.05) is 30.1 Å². The Labute approximate surface area is 122 Å². The molecule has 1 heterocycles. The molecule has 0 spiro atoms. The minimum atomic E-state index is -0.264. The SMILES string of the molecule is CCNc1cc(N(C)c2cccc(F)c2)nc(SC)n1. The van der Waals surface area contributed by atoms with Gasteiger partial charge in [0, 0.05) is 25.3 Å². The lowest BCUT2D eigenvalue weighted by Gasteiger charge is -2.19. The van der Waals surface area contributed by atoms with Crippen molar-refractivity contribution in [1.29, 1.82) is 0 Å². The van der Waals surface area contributed by atoms with Crippen molar-refractivity contribution in [3.05, 3.63) is 36.1 Å². The van der Waals surface area contributed by atoms with Crippen LogP contribution in [0.1, 0.15) is 6.92 Å². The highest BCUT2D eigenvalue weighted by atomic mass is 32.2. The van der Waals surface area contributed by atoms with Crippen molar-refractivity contribution < 1.29 is 4.39 Å². The Morgan fingerprint density at radius 2 is 2.10 bits per heavy atom. The fourth-order valence-electron chi connectivity index (χ4n) is 1.76. The van der Waals surface area contributed by atoms with Gasteiger partial charge in [0.05, 0.1) is 0 Å². The van der Waals surface area contributed by atoms with E-state index in [1.165, 1.54) is 23.9 Å². The lowest BCUT2D eigenvalue weighted by atomic mass is 10.3. The molecule has 2 rings (SSSR count). The van der Waals surface area contributed by atoms with Gasteiger partial charge < -0.3 is 10.2 Å². The Bertz CT molecular complexity index is 591. The summed E-state index contributed by atoms with van der Waals surface area (Å²) in [6, 6.07) is 8.29. The van der Waals surface area contributed by atoms with Crippen molar-refractivity contribution in [2.24, 2.45) is 0 Å². The van der Waals surface area contributed by atoms with Crippen LogP contribution >= 0.6 is 11.8 Å². The van der Waals surface area contributed by atoms with E-state index in [0.717, 1.165) is 23.9 Å². The molecule has 0 saturated carbocycles. The molecule has 0 aliphatic heterocycles. The number of hydrogen-bond donors (Lipinski definition) is 1. The second kappa shape index (κ2) is 6.56. The summed E-state index contributed by atoms with van der Waals surface area (Å²) in [6.07, 6.45) is 1.93. The minimum absolute atomic E-state index is 0.264. The zero-order chi connectivity index (χ0) is 14.5. The number of rotatable bonds is 5. The molecule has 0 unspecified atom stereocenters. The number of benzene rings is 1. The number of hydrogen-bond acceptors (Lipinski definition) is 5. The summed E-state index contributed by atoms with van der Waals surface area (Å²) in [5.74, 6) is 1.23. The molecule has 20 heavy (non-hydrogen) atoms. The molecule has 0 aliphatic carbocycles. The highest BCUT2D eigenvalue weighted by Gasteiger charge is 2.10. The second-order valence-electron chi connectivity index (χ2n) is 4.17. The highest BCUT2D eigenvalue weighted by Crippen LogP contribution is 2.26. The van der Waals surface area contributed by atoms with Gasteiger partial charge in [0.2, 0.25) is 0 Å². The van der Waals surface area contributed by atoms with Gasteiger partial charge >= 0.3 is 0 Å². The van der Waals surface area contributed by atoms with Crippen LogP contribution in [0.5, 0.6) is 0 Å². The van der Waals surface area contributed by atoms with E-state index in [0.29, 0.717) is 5.16 Å². The summed E-state index contributed by atoms with van der Waals surface area (Å²) >= 11 is 1.48. The standard InChI is InChI=1S/C14H17FN4S/c1-4-16-12-9-13(18-14(17-12)20-3)19(2)11-7-5-6-10(15)8-11/h5-9H,4H2,1-3H3,(H,16,17,18). The van der Waals surface area contributed by atoms with E-state index >= 15 is 0 Å². The van der Waals surface area contributed by atoms with E-state index in [1.54, 1.807) is 6.07 Å². The summed E-state index contributed by atoms with van der Waals surface area (Å²) in [7, 11) is 1.86. The predicted molar refractivity (Wildman–Crippen MR) is 82.4 cm³/mol. The van der Waals surface area contributed by atoms with Gasteiger partial charge in [-0.25, -0.2) is 14.4 Å². The van der Waals surface area contributed by atoms with Gasteiger partial charge in [0.1, 0.15) is 17.5 Å². The molecule has 1 aromatic carbocycles. The fraction of sp³-hybridized carbons (Fsp3) is 0.286. The molecule has 0 amide bonds. The first-order valence-electron chi connectivity index (χ1n) is 6.30. The molecule has 0 saturated heterocycles. The van der Waals surface area contributed by atoms with E-state index < -0.39 is 0 Å². The Hall–Kier alpha value is -1.82. The zero-order valence-electron chi connectivity index (χ0n) is 11.7. The highest BCUT2D eigenvalue weighted by molar-refractivity contribution is 7.98. The lowest BCUT2D eigenvalue weighted by Crippen LogP contribution is -2.13. The van der Waals surface area contributed by atoms with Crippen molar-refractivity contribution in [3.63, 3.8) is 0 Å². The monoisotopic (exact) mass is 292 g/mol. The lowest BCUT2D eigenvalue weighted by molar-refractivity contribution is 0.628. The normalized spacial score (nSPS) is 10.4. The number of nitrogens with zero attached hydrogens (tertiary/aromatic N) is 3. The summed E-state index contributed by atoms with van der Waals surface area (Å²) < 4.78 is 13.3. The van der Waals surface area contributed by atoms with E-state index in [1.807, 2.05) is 37.3 Å². The van der Waals surface area contributed by atoms with E-state index in [-0.39, 0.29) is 5.82 Å². The summed E-state index contributed by atoms with van der Waals surface area (Å²) in [4.78, 5) is 10.7. The molecule has 1 N–H and O–H groups in total. The topological polar surface area (TPSA) is 41.0 Å². The van der Waals surface area contributed by atoms with Gasteiger partial charge in [-0.2, -0.15) is 0 Å². The van der Waals surface area contributed by atoms with Gasteiger partial charge in [-0.1, -0.05) is 17.8 Å². The molecule has 0 radical (unpaired) electrons. The molecule has 0 fully saturated rings. The first kappa shape index (κ1) is 14.6. The van der Waals surface area contributed by atoms with E-state index in [2.05, 4.69) is 15.3 Å². The number of aromatic nitrogens is 2. The minimum Gasteiger partial charge on any atom is -0.370 e. The van der Waals surface area contributed by atoms with Crippen molar-refractivity contribution in [2.45, 2.75) is 12.1 Å². The Kier molecular flexibility index (Phi) is 4.79. The Morgan fingerprint density at radius 1 is 1.30 bits per heavy atom. The zero-order valence-corrected chi connectivity index (χ0v) is 12.5. The molecule has 0 atom stereocenters. The largest absolute Gasteiger partial charge is 0.370 e. The average Bonchev–Trinajstić information content (AvgIpc) is 2.46. The van der Waals surface area contributed by atoms with Crippen LogP contribution in [-0.4, -0.2) is 29.8 Å². The van der Waals surface area contributed by atoms with Crippen LogP contribution in [0.25, 0.3) is 0 Å². The third-order valence-electron chi connectivity index (χ3n) is 2.77. The molecule has 1 aromatic heterocycles. The number of nitrogens with one attached hydrogen (secondary N) is 1.